The maximum absolute atomic E-state index is 6.65. The standard InChI is InChI=1S/C15H20ClNO/c1-18-14-5-4-13(16)7-11(14)9-15(17)8-10-2-3-12(15)6-10/h4-5,7,10,12H,2-3,6,8-9,17H2,1H3. The summed E-state index contributed by atoms with van der Waals surface area (Å²) in [5.41, 5.74) is 7.76. The van der Waals surface area contributed by atoms with E-state index in [9.17, 15) is 0 Å². The highest BCUT2D eigenvalue weighted by molar-refractivity contribution is 6.30. The minimum absolute atomic E-state index is 0.0408. The Balaban J connectivity index is 1.86. The van der Waals surface area contributed by atoms with Gasteiger partial charge in [-0.15, -0.1) is 0 Å². The highest BCUT2D eigenvalue weighted by Crippen LogP contribution is 2.51. The highest BCUT2D eigenvalue weighted by Gasteiger charge is 2.48. The van der Waals surface area contributed by atoms with Crippen LogP contribution in [-0.4, -0.2) is 12.6 Å². The summed E-state index contributed by atoms with van der Waals surface area (Å²) in [4.78, 5) is 0. The van der Waals surface area contributed by atoms with Crippen LogP contribution in [-0.2, 0) is 6.42 Å². The molecule has 2 fully saturated rings. The quantitative estimate of drug-likeness (QED) is 0.909. The number of hydrogen-bond donors (Lipinski definition) is 1. The Labute approximate surface area is 113 Å². The van der Waals surface area contributed by atoms with Crippen molar-refractivity contribution in [2.75, 3.05) is 7.11 Å². The number of rotatable bonds is 3. The first-order valence-electron chi connectivity index (χ1n) is 6.72. The van der Waals surface area contributed by atoms with Gasteiger partial charge in [0, 0.05) is 10.6 Å². The molecule has 0 aromatic heterocycles. The molecule has 2 nitrogen and oxygen atoms in total. The largest absolute Gasteiger partial charge is 0.496 e. The van der Waals surface area contributed by atoms with Crippen LogP contribution in [0.15, 0.2) is 18.2 Å². The van der Waals surface area contributed by atoms with Gasteiger partial charge in [0.2, 0.25) is 0 Å². The third-order valence-electron chi connectivity index (χ3n) is 4.79. The van der Waals surface area contributed by atoms with Crippen molar-refractivity contribution < 1.29 is 4.74 Å². The summed E-state index contributed by atoms with van der Waals surface area (Å²) in [6.45, 7) is 0. The molecule has 18 heavy (non-hydrogen) atoms. The first-order chi connectivity index (χ1) is 8.60. The molecule has 0 aliphatic heterocycles. The van der Waals surface area contributed by atoms with E-state index in [1.807, 2.05) is 18.2 Å². The molecule has 2 bridgehead atoms. The van der Waals surface area contributed by atoms with E-state index in [0.29, 0.717) is 5.92 Å². The molecule has 98 valence electrons. The molecule has 2 saturated carbocycles. The van der Waals surface area contributed by atoms with Gasteiger partial charge in [0.1, 0.15) is 5.75 Å². The van der Waals surface area contributed by atoms with Crippen LogP contribution >= 0.6 is 11.6 Å². The molecule has 2 N–H and O–H groups in total. The van der Waals surface area contributed by atoms with E-state index < -0.39 is 0 Å². The molecular formula is C15H20ClNO. The van der Waals surface area contributed by atoms with E-state index in [4.69, 9.17) is 22.1 Å². The summed E-state index contributed by atoms with van der Waals surface area (Å²) >= 11 is 6.09. The van der Waals surface area contributed by atoms with Crippen molar-refractivity contribution in [3.63, 3.8) is 0 Å². The molecule has 3 heteroatoms. The maximum atomic E-state index is 6.65. The van der Waals surface area contributed by atoms with Crippen LogP contribution in [0.3, 0.4) is 0 Å². The molecule has 3 rings (SSSR count). The van der Waals surface area contributed by atoms with Gasteiger partial charge in [-0.3, -0.25) is 0 Å². The van der Waals surface area contributed by atoms with Crippen molar-refractivity contribution in [1.82, 2.24) is 0 Å². The van der Waals surface area contributed by atoms with Gasteiger partial charge < -0.3 is 10.5 Å². The molecule has 1 aromatic rings. The van der Waals surface area contributed by atoms with E-state index >= 15 is 0 Å². The fraction of sp³-hybridized carbons (Fsp3) is 0.600. The van der Waals surface area contributed by atoms with Crippen LogP contribution in [0.2, 0.25) is 5.02 Å². The average Bonchev–Trinajstić information content (AvgIpc) is 2.89. The van der Waals surface area contributed by atoms with E-state index in [-0.39, 0.29) is 5.54 Å². The van der Waals surface area contributed by atoms with Crippen molar-refractivity contribution in [3.8, 4) is 5.75 Å². The van der Waals surface area contributed by atoms with Gasteiger partial charge in [0.25, 0.3) is 0 Å². The number of hydrogen-bond acceptors (Lipinski definition) is 2. The Bertz CT molecular complexity index is 462. The van der Waals surface area contributed by atoms with E-state index in [1.165, 1.54) is 19.3 Å². The first kappa shape index (κ1) is 12.3. The number of halogens is 1. The Morgan fingerprint density at radius 3 is 2.89 bits per heavy atom. The van der Waals surface area contributed by atoms with Crippen LogP contribution < -0.4 is 10.5 Å². The number of nitrogens with two attached hydrogens (primary N) is 1. The van der Waals surface area contributed by atoms with Gasteiger partial charge in [0.05, 0.1) is 7.11 Å². The lowest BCUT2D eigenvalue weighted by Gasteiger charge is -2.34. The molecule has 0 spiro atoms. The average molecular weight is 266 g/mol. The Hall–Kier alpha value is -0.730. The molecule has 0 radical (unpaired) electrons. The van der Waals surface area contributed by atoms with Gasteiger partial charge in [0.15, 0.2) is 0 Å². The van der Waals surface area contributed by atoms with Gasteiger partial charge in [-0.05, 0) is 61.3 Å². The summed E-state index contributed by atoms with van der Waals surface area (Å²) in [5, 5.41) is 0.762. The lowest BCUT2D eigenvalue weighted by molar-refractivity contribution is 0.266. The van der Waals surface area contributed by atoms with Crippen molar-refractivity contribution in [1.29, 1.82) is 0 Å². The van der Waals surface area contributed by atoms with Gasteiger partial charge in [-0.1, -0.05) is 18.0 Å². The molecule has 3 unspecified atom stereocenters. The third-order valence-corrected chi connectivity index (χ3v) is 5.02. The smallest absolute Gasteiger partial charge is 0.122 e. The summed E-state index contributed by atoms with van der Waals surface area (Å²) in [6.07, 6.45) is 6.03. The van der Waals surface area contributed by atoms with Crippen molar-refractivity contribution in [2.45, 2.75) is 37.6 Å². The lowest BCUT2D eigenvalue weighted by atomic mass is 9.77. The molecule has 0 heterocycles. The second-order valence-corrected chi connectivity index (χ2v) is 6.38. The zero-order valence-electron chi connectivity index (χ0n) is 10.8. The second-order valence-electron chi connectivity index (χ2n) is 5.95. The zero-order chi connectivity index (χ0) is 12.8. The predicted octanol–water partition coefficient (Wildman–Crippen LogP) is 3.41. The minimum atomic E-state index is -0.0408. The summed E-state index contributed by atoms with van der Waals surface area (Å²) < 4.78 is 5.42. The number of ether oxygens (including phenoxy) is 1. The fourth-order valence-electron chi connectivity index (χ4n) is 3.94. The van der Waals surface area contributed by atoms with E-state index in [1.54, 1.807) is 7.11 Å². The molecule has 0 amide bonds. The Morgan fingerprint density at radius 2 is 2.28 bits per heavy atom. The van der Waals surface area contributed by atoms with Crippen LogP contribution in [0.25, 0.3) is 0 Å². The first-order valence-corrected chi connectivity index (χ1v) is 7.10. The fourth-order valence-corrected chi connectivity index (χ4v) is 4.14. The molecule has 0 saturated heterocycles. The van der Waals surface area contributed by atoms with E-state index in [0.717, 1.165) is 35.1 Å². The zero-order valence-corrected chi connectivity index (χ0v) is 11.5. The molecule has 2 aliphatic carbocycles. The summed E-state index contributed by atoms with van der Waals surface area (Å²) in [5.74, 6) is 2.45. The predicted molar refractivity (Wildman–Crippen MR) is 74.1 cm³/mol. The monoisotopic (exact) mass is 265 g/mol. The number of methoxy groups -OCH3 is 1. The van der Waals surface area contributed by atoms with Gasteiger partial charge >= 0.3 is 0 Å². The minimum Gasteiger partial charge on any atom is -0.496 e. The molecule has 1 aromatic carbocycles. The second kappa shape index (κ2) is 4.43. The highest BCUT2D eigenvalue weighted by atomic mass is 35.5. The topological polar surface area (TPSA) is 35.2 Å². The van der Waals surface area contributed by atoms with E-state index in [2.05, 4.69) is 0 Å². The molecule has 2 aliphatic rings. The Kier molecular flexibility index (Phi) is 3.03. The maximum Gasteiger partial charge on any atom is 0.122 e. The SMILES string of the molecule is COc1ccc(Cl)cc1CC1(N)CC2CCC1C2. The van der Waals surface area contributed by atoms with Crippen LogP contribution in [0.1, 0.15) is 31.2 Å². The Morgan fingerprint density at radius 1 is 1.44 bits per heavy atom. The molecule has 3 atom stereocenters. The summed E-state index contributed by atoms with van der Waals surface area (Å²) in [7, 11) is 1.71. The lowest BCUT2D eigenvalue weighted by Crippen LogP contribution is -2.47. The van der Waals surface area contributed by atoms with Gasteiger partial charge in [-0.2, -0.15) is 0 Å². The summed E-state index contributed by atoms with van der Waals surface area (Å²) in [6, 6.07) is 5.81. The van der Waals surface area contributed by atoms with Crippen LogP contribution in [0.5, 0.6) is 5.75 Å². The molecular weight excluding hydrogens is 246 g/mol. The van der Waals surface area contributed by atoms with Crippen molar-refractivity contribution in [3.05, 3.63) is 28.8 Å². The normalized spacial score (nSPS) is 33.9. The van der Waals surface area contributed by atoms with Crippen LogP contribution in [0, 0.1) is 11.8 Å². The third kappa shape index (κ3) is 2.02. The number of benzene rings is 1. The number of fused-ring (bicyclic) bond motifs is 2. The van der Waals surface area contributed by atoms with Gasteiger partial charge in [-0.25, -0.2) is 0 Å². The van der Waals surface area contributed by atoms with Crippen LogP contribution in [0.4, 0.5) is 0 Å². The van der Waals surface area contributed by atoms with Crippen molar-refractivity contribution >= 4 is 11.6 Å². The van der Waals surface area contributed by atoms with Crippen molar-refractivity contribution in [2.24, 2.45) is 17.6 Å².